The fraction of sp³-hybridized carbons (Fsp3) is 0.158. The van der Waals surface area contributed by atoms with Gasteiger partial charge in [-0.1, -0.05) is 36.0 Å². The summed E-state index contributed by atoms with van der Waals surface area (Å²) in [6, 6.07) is 13.1. The van der Waals surface area contributed by atoms with Crippen molar-refractivity contribution in [2.24, 2.45) is 0 Å². The second kappa shape index (κ2) is 8.13. The molecule has 1 atom stereocenters. The number of H-pyrrole nitrogens is 1. The molecular weight excluding hydrogens is 367 g/mol. The minimum absolute atomic E-state index is 0.130. The van der Waals surface area contributed by atoms with E-state index >= 15 is 0 Å². The molecule has 0 bridgehead atoms. The van der Waals surface area contributed by atoms with E-state index in [4.69, 9.17) is 0 Å². The topological polar surface area (TPSA) is 87.7 Å². The molecule has 0 saturated carbocycles. The maximum Gasteiger partial charge on any atom is 0.237 e. The molecule has 6 nitrogen and oxygen atoms in total. The Morgan fingerprint density at radius 1 is 1.15 bits per heavy atom. The fourth-order valence-electron chi connectivity index (χ4n) is 2.42. The fourth-order valence-corrected chi connectivity index (χ4v) is 3.14. The summed E-state index contributed by atoms with van der Waals surface area (Å²) in [4.78, 5) is 28.4. The van der Waals surface area contributed by atoms with Crippen LogP contribution < -0.4 is 5.32 Å². The molecule has 0 aliphatic heterocycles. The average molecular weight is 384 g/mol. The number of nitrogens with one attached hydrogen (secondary N) is 2. The van der Waals surface area contributed by atoms with E-state index in [0.29, 0.717) is 27.8 Å². The van der Waals surface area contributed by atoms with Gasteiger partial charge in [0.1, 0.15) is 5.82 Å². The zero-order valence-corrected chi connectivity index (χ0v) is 15.5. The predicted molar refractivity (Wildman–Crippen MR) is 102 cm³/mol. The van der Waals surface area contributed by atoms with E-state index < -0.39 is 11.1 Å². The van der Waals surface area contributed by atoms with Gasteiger partial charge in [-0.05, 0) is 38.1 Å². The highest BCUT2D eigenvalue weighted by atomic mass is 32.2. The van der Waals surface area contributed by atoms with Gasteiger partial charge in [0.05, 0.1) is 16.5 Å². The van der Waals surface area contributed by atoms with Crippen LogP contribution in [0, 0.1) is 5.82 Å². The monoisotopic (exact) mass is 384 g/mol. The number of hydrogen-bond donors (Lipinski definition) is 2. The maximum absolute atomic E-state index is 13.8. The van der Waals surface area contributed by atoms with Gasteiger partial charge in [-0.3, -0.25) is 14.7 Å². The average Bonchev–Trinajstić information content (AvgIpc) is 3.10. The van der Waals surface area contributed by atoms with Gasteiger partial charge in [-0.25, -0.2) is 9.37 Å². The van der Waals surface area contributed by atoms with Crippen LogP contribution in [0.5, 0.6) is 0 Å². The Bertz CT molecular complexity index is 989. The van der Waals surface area contributed by atoms with Gasteiger partial charge in [-0.15, -0.1) is 5.10 Å². The van der Waals surface area contributed by atoms with Gasteiger partial charge in [0.2, 0.25) is 11.1 Å². The van der Waals surface area contributed by atoms with E-state index in [2.05, 4.69) is 20.5 Å². The lowest BCUT2D eigenvalue weighted by Crippen LogP contribution is -2.23. The van der Waals surface area contributed by atoms with Crippen molar-refractivity contribution in [3.8, 4) is 11.4 Å². The van der Waals surface area contributed by atoms with Gasteiger partial charge >= 0.3 is 0 Å². The first-order valence-electron chi connectivity index (χ1n) is 8.20. The lowest BCUT2D eigenvalue weighted by atomic mass is 10.1. The van der Waals surface area contributed by atoms with Crippen LogP contribution in [0.3, 0.4) is 0 Å². The SMILES string of the molecule is CC(=O)c1ccccc1NC(=O)C(C)Sc1n[nH]c(-c2ccccc2F)n1. The summed E-state index contributed by atoms with van der Waals surface area (Å²) >= 11 is 1.13. The Kier molecular flexibility index (Phi) is 5.66. The Morgan fingerprint density at radius 2 is 1.85 bits per heavy atom. The summed E-state index contributed by atoms with van der Waals surface area (Å²) in [6.07, 6.45) is 0. The molecule has 27 heavy (non-hydrogen) atoms. The minimum atomic E-state index is -0.519. The van der Waals surface area contributed by atoms with E-state index in [0.717, 1.165) is 11.8 Å². The van der Waals surface area contributed by atoms with Crippen molar-refractivity contribution >= 4 is 29.1 Å². The maximum atomic E-state index is 13.8. The Hall–Kier alpha value is -3.00. The number of Topliss-reactive ketones (excluding diaryl/α,β-unsaturated/α-hetero) is 1. The summed E-state index contributed by atoms with van der Waals surface area (Å²) < 4.78 is 13.8. The van der Waals surface area contributed by atoms with Crippen LogP contribution in [-0.2, 0) is 4.79 Å². The molecule has 0 aliphatic rings. The number of rotatable bonds is 6. The van der Waals surface area contributed by atoms with E-state index in [1.165, 1.54) is 13.0 Å². The van der Waals surface area contributed by atoms with Crippen molar-refractivity contribution in [3.05, 3.63) is 59.9 Å². The largest absolute Gasteiger partial charge is 0.324 e. The number of para-hydroxylation sites is 1. The number of hydrogen-bond acceptors (Lipinski definition) is 5. The number of thioether (sulfide) groups is 1. The number of benzene rings is 2. The number of halogens is 1. The van der Waals surface area contributed by atoms with Crippen LogP contribution in [0.4, 0.5) is 10.1 Å². The number of anilines is 1. The molecule has 0 spiro atoms. The molecule has 3 aromatic rings. The van der Waals surface area contributed by atoms with Crippen molar-refractivity contribution in [1.29, 1.82) is 0 Å². The van der Waals surface area contributed by atoms with Crippen molar-refractivity contribution in [2.75, 3.05) is 5.32 Å². The smallest absolute Gasteiger partial charge is 0.237 e. The molecule has 0 fully saturated rings. The Balaban J connectivity index is 1.69. The molecule has 1 aromatic heterocycles. The van der Waals surface area contributed by atoms with E-state index in [1.807, 2.05) is 0 Å². The quantitative estimate of drug-likeness (QED) is 0.497. The molecule has 138 valence electrons. The molecule has 2 N–H and O–H groups in total. The van der Waals surface area contributed by atoms with Crippen LogP contribution in [-0.4, -0.2) is 32.1 Å². The molecule has 0 aliphatic carbocycles. The lowest BCUT2D eigenvalue weighted by molar-refractivity contribution is -0.115. The molecule has 1 heterocycles. The van der Waals surface area contributed by atoms with Crippen molar-refractivity contribution in [3.63, 3.8) is 0 Å². The molecule has 1 amide bonds. The van der Waals surface area contributed by atoms with E-state index in [-0.39, 0.29) is 11.7 Å². The Labute approximate surface area is 159 Å². The predicted octanol–water partition coefficient (Wildman–Crippen LogP) is 3.93. The van der Waals surface area contributed by atoms with E-state index in [1.54, 1.807) is 49.4 Å². The summed E-state index contributed by atoms with van der Waals surface area (Å²) in [5, 5.41) is 9.28. The molecule has 3 rings (SSSR count). The third-order valence-corrected chi connectivity index (χ3v) is 4.77. The number of nitrogens with zero attached hydrogens (tertiary/aromatic N) is 2. The number of amides is 1. The zero-order valence-electron chi connectivity index (χ0n) is 14.7. The van der Waals surface area contributed by atoms with Crippen LogP contribution >= 0.6 is 11.8 Å². The number of aromatic nitrogens is 3. The van der Waals surface area contributed by atoms with Crippen molar-refractivity contribution < 1.29 is 14.0 Å². The number of aromatic amines is 1. The van der Waals surface area contributed by atoms with Crippen molar-refractivity contribution in [2.45, 2.75) is 24.3 Å². The first-order chi connectivity index (χ1) is 13.0. The lowest BCUT2D eigenvalue weighted by Gasteiger charge is -2.12. The number of carbonyl (C=O) groups excluding carboxylic acids is 2. The molecule has 0 saturated heterocycles. The standard InChI is InChI=1S/C19H17FN4O2S/c1-11(25)13-7-4-6-10-16(13)21-18(26)12(2)27-19-22-17(23-24-19)14-8-3-5-9-15(14)20/h3-10,12H,1-2H3,(H,21,26)(H,22,23,24). The first-order valence-corrected chi connectivity index (χ1v) is 9.08. The minimum Gasteiger partial charge on any atom is -0.324 e. The summed E-state index contributed by atoms with van der Waals surface area (Å²) in [7, 11) is 0. The van der Waals surface area contributed by atoms with Gasteiger partial charge in [0.15, 0.2) is 11.6 Å². The van der Waals surface area contributed by atoms with Crippen molar-refractivity contribution in [1.82, 2.24) is 15.2 Å². The number of ketones is 1. The van der Waals surface area contributed by atoms with Gasteiger partial charge in [0.25, 0.3) is 0 Å². The molecule has 2 aromatic carbocycles. The van der Waals surface area contributed by atoms with Gasteiger partial charge in [-0.2, -0.15) is 0 Å². The Morgan fingerprint density at radius 3 is 2.59 bits per heavy atom. The number of carbonyl (C=O) groups is 2. The van der Waals surface area contributed by atoms with Crippen LogP contribution in [0.2, 0.25) is 0 Å². The summed E-state index contributed by atoms with van der Waals surface area (Å²) in [5.41, 5.74) is 1.22. The summed E-state index contributed by atoms with van der Waals surface area (Å²) in [5.74, 6) is -0.525. The highest BCUT2D eigenvalue weighted by Gasteiger charge is 2.19. The van der Waals surface area contributed by atoms with E-state index in [9.17, 15) is 14.0 Å². The highest BCUT2D eigenvalue weighted by Crippen LogP contribution is 2.25. The van der Waals surface area contributed by atoms with Crippen LogP contribution in [0.25, 0.3) is 11.4 Å². The molecule has 1 unspecified atom stereocenters. The van der Waals surface area contributed by atoms with Gasteiger partial charge < -0.3 is 5.32 Å². The molecular formula is C19H17FN4O2S. The highest BCUT2D eigenvalue weighted by molar-refractivity contribution is 8.00. The third kappa shape index (κ3) is 4.40. The first kappa shape index (κ1) is 18.8. The van der Waals surface area contributed by atoms with Gasteiger partial charge in [0, 0.05) is 5.56 Å². The summed E-state index contributed by atoms with van der Waals surface area (Å²) in [6.45, 7) is 3.15. The normalized spacial score (nSPS) is 11.8. The zero-order chi connectivity index (χ0) is 19.4. The van der Waals surface area contributed by atoms with Crippen LogP contribution in [0.15, 0.2) is 53.7 Å². The molecule has 8 heteroatoms. The molecule has 0 radical (unpaired) electrons. The second-order valence-electron chi connectivity index (χ2n) is 5.80. The van der Waals surface area contributed by atoms with Crippen LogP contribution in [0.1, 0.15) is 24.2 Å². The third-order valence-electron chi connectivity index (χ3n) is 3.81. The second-order valence-corrected chi connectivity index (χ2v) is 7.11.